The van der Waals surface area contributed by atoms with Crippen LogP contribution in [0.15, 0.2) is 0 Å². The number of hydrogen-bond acceptors (Lipinski definition) is 31. The molecule has 0 spiro atoms. The van der Waals surface area contributed by atoms with Crippen LogP contribution in [0, 0.1) is 0 Å². The van der Waals surface area contributed by atoms with Gasteiger partial charge in [0.2, 0.25) is 0 Å². The first-order chi connectivity index (χ1) is 49.6. The van der Waals surface area contributed by atoms with E-state index in [4.69, 9.17) is 202 Å². The first-order valence-electron chi connectivity index (χ1n) is 33.4. The standard InChI is InChI=1S/8C6H14N2O2.7C2H4O2/c8*7-4-2-1-3-5(8)6(9)10;7*1-2(3)4/h8*5H,1-4,7-8H2,(H,9,10);7*1H3,(H,3,4). The van der Waals surface area contributed by atoms with Crippen LogP contribution in [-0.4, -0.2) is 267 Å². The van der Waals surface area contributed by atoms with Crippen molar-refractivity contribution in [3.8, 4) is 0 Å². The van der Waals surface area contributed by atoms with Crippen LogP contribution in [0.5, 0.6) is 0 Å². The maximum Gasteiger partial charge on any atom is 0.320 e. The van der Waals surface area contributed by atoms with E-state index >= 15 is 0 Å². The summed E-state index contributed by atoms with van der Waals surface area (Å²) in [6, 6.07) is -5.73. The van der Waals surface area contributed by atoms with Gasteiger partial charge in [0.1, 0.15) is 48.3 Å². The van der Waals surface area contributed by atoms with Gasteiger partial charge in [0, 0.05) is 48.5 Å². The Kier molecular flexibility index (Phi) is 137. The zero-order valence-corrected chi connectivity index (χ0v) is 63.8. The average Bonchev–Trinajstić information content (AvgIpc) is 1.21. The van der Waals surface area contributed by atoms with E-state index in [9.17, 15) is 38.4 Å². The Morgan fingerprint density at radius 2 is 0.222 bits per heavy atom. The zero-order chi connectivity index (χ0) is 88.9. The molecule has 0 amide bonds. The van der Waals surface area contributed by atoms with Crippen LogP contribution in [0.1, 0.15) is 203 Å². The number of carbonyl (C=O) groups is 15. The zero-order valence-electron chi connectivity index (χ0n) is 63.8. The van der Waals surface area contributed by atoms with E-state index in [1.54, 1.807) is 0 Å². The highest BCUT2D eigenvalue weighted by Gasteiger charge is 2.14. The summed E-state index contributed by atoms with van der Waals surface area (Å²) in [7, 11) is 0. The summed E-state index contributed by atoms with van der Waals surface area (Å²) in [5.41, 5.74) is 83.4. The van der Waals surface area contributed by atoms with Crippen molar-refractivity contribution in [3.05, 3.63) is 0 Å². The summed E-state index contributed by atoms with van der Waals surface area (Å²) in [5, 5.41) is 119. The van der Waals surface area contributed by atoms with E-state index in [0.29, 0.717) is 104 Å². The molecule has 8 unspecified atom stereocenters. The third-order valence-electron chi connectivity index (χ3n) is 10.3. The predicted octanol–water partition coefficient (Wildman–Crippen LogP) is -3.15. The smallest absolute Gasteiger partial charge is 0.320 e. The Bertz CT molecular complexity index is 1730. The predicted molar refractivity (Wildman–Crippen MR) is 401 cm³/mol. The van der Waals surface area contributed by atoms with Gasteiger partial charge in [-0.15, -0.1) is 0 Å². The molecule has 46 nitrogen and oxygen atoms in total. The molecule has 0 saturated carbocycles. The summed E-state index contributed by atoms with van der Waals surface area (Å²) in [6.45, 7) is 12.4. The summed E-state index contributed by atoms with van der Waals surface area (Å²) in [5.74, 6) is -13.3. The van der Waals surface area contributed by atoms with Crippen LogP contribution in [0.4, 0.5) is 0 Å². The fourth-order valence-corrected chi connectivity index (χ4v) is 5.06. The average molecular weight is 1590 g/mol. The maximum atomic E-state index is 10.1. The molecule has 0 bridgehead atoms. The van der Waals surface area contributed by atoms with Crippen molar-refractivity contribution in [3.63, 3.8) is 0 Å². The number of nitrogens with two attached hydrogens (primary N) is 16. The van der Waals surface area contributed by atoms with Gasteiger partial charge in [0.15, 0.2) is 0 Å². The second-order valence-electron chi connectivity index (χ2n) is 21.5. The van der Waals surface area contributed by atoms with Gasteiger partial charge >= 0.3 is 47.8 Å². The molecule has 0 aliphatic heterocycles. The van der Waals surface area contributed by atoms with E-state index < -0.39 is 138 Å². The molecule has 0 rings (SSSR count). The van der Waals surface area contributed by atoms with Gasteiger partial charge < -0.3 is 168 Å². The Morgan fingerprint density at radius 1 is 0.167 bits per heavy atom. The first kappa shape index (κ1) is 135. The van der Waals surface area contributed by atoms with Crippen LogP contribution in [0.2, 0.25) is 0 Å². The van der Waals surface area contributed by atoms with E-state index in [1.165, 1.54) is 0 Å². The Morgan fingerprint density at radius 3 is 0.259 bits per heavy atom. The van der Waals surface area contributed by atoms with Gasteiger partial charge in [-0.2, -0.15) is 0 Å². The van der Waals surface area contributed by atoms with Crippen molar-refractivity contribution in [2.75, 3.05) is 52.4 Å². The summed E-state index contributed by atoms with van der Waals surface area (Å²) in [6.07, 6.45) is 17.3. The molecule has 0 aromatic heterocycles. The molecule has 0 aromatic rings. The van der Waals surface area contributed by atoms with Gasteiger partial charge in [0.25, 0.3) is 41.8 Å². The van der Waals surface area contributed by atoms with Crippen molar-refractivity contribution in [1.29, 1.82) is 0 Å². The third kappa shape index (κ3) is 225. The summed E-state index contributed by atoms with van der Waals surface area (Å²) < 4.78 is 0. The van der Waals surface area contributed by atoms with E-state index in [1.807, 2.05) is 0 Å². The molecule has 8 atom stereocenters. The lowest BCUT2D eigenvalue weighted by atomic mass is 10.1. The number of carboxylic acids is 15. The van der Waals surface area contributed by atoms with Crippen molar-refractivity contribution >= 4 is 89.5 Å². The number of aliphatic carboxylic acids is 15. The third-order valence-corrected chi connectivity index (χ3v) is 10.3. The topological polar surface area (TPSA) is 976 Å². The van der Waals surface area contributed by atoms with E-state index in [-0.39, 0.29) is 0 Å². The molecule has 47 N–H and O–H groups in total. The fourth-order valence-electron chi connectivity index (χ4n) is 5.06. The molecule has 0 fully saturated rings. The van der Waals surface area contributed by atoms with Crippen LogP contribution in [0.25, 0.3) is 0 Å². The van der Waals surface area contributed by atoms with Crippen LogP contribution < -0.4 is 91.7 Å². The second kappa shape index (κ2) is 109. The summed E-state index contributed by atoms with van der Waals surface area (Å²) >= 11 is 0. The van der Waals surface area contributed by atoms with E-state index in [0.717, 1.165) is 151 Å². The monoisotopic (exact) mass is 1590 g/mol. The van der Waals surface area contributed by atoms with Crippen LogP contribution >= 0.6 is 0 Å². The highest BCUT2D eigenvalue weighted by molar-refractivity contribution is 5.75. The lowest BCUT2D eigenvalue weighted by molar-refractivity contribution is -0.139. The minimum Gasteiger partial charge on any atom is -0.481 e. The normalized spacial score (nSPS) is 11.2. The molecule has 46 heteroatoms. The molecular formula is C62H140N16O30. The van der Waals surface area contributed by atoms with Gasteiger partial charge in [0.05, 0.1) is 0 Å². The number of carboxylic acid groups (broad SMARTS) is 15. The van der Waals surface area contributed by atoms with Crippen molar-refractivity contribution in [2.45, 2.75) is 251 Å². The largest absolute Gasteiger partial charge is 0.481 e. The number of rotatable bonds is 40. The molecule has 0 aliphatic carbocycles. The van der Waals surface area contributed by atoms with Crippen molar-refractivity contribution < 1.29 is 149 Å². The van der Waals surface area contributed by atoms with Gasteiger partial charge in [-0.25, -0.2) is 0 Å². The molecule has 108 heavy (non-hydrogen) atoms. The lowest BCUT2D eigenvalue weighted by Crippen LogP contribution is -2.29. The Hall–Kier alpha value is -8.59. The van der Waals surface area contributed by atoms with E-state index in [2.05, 4.69) is 0 Å². The molecule has 0 aliphatic rings. The molecule has 0 heterocycles. The SMILES string of the molecule is CC(=O)O.CC(=O)O.CC(=O)O.CC(=O)O.CC(=O)O.CC(=O)O.CC(=O)O.NCCCCC(N)C(=O)O.NCCCCC(N)C(=O)O.NCCCCC(N)C(=O)O.NCCCCC(N)C(=O)O.NCCCCC(N)C(=O)O.NCCCCC(N)C(=O)O.NCCCCC(N)C(=O)O.NCCCCC(N)C(=O)O. The highest BCUT2D eigenvalue weighted by Crippen LogP contribution is 2.02. The first-order valence-corrected chi connectivity index (χ1v) is 33.4. The Balaban J connectivity index is -0.0000000670. The summed E-state index contributed by atoms with van der Waals surface area (Å²) in [4.78, 5) is 144. The minimum absolute atomic E-state index is 0.520. The van der Waals surface area contributed by atoms with Gasteiger partial charge in [-0.3, -0.25) is 71.9 Å². The minimum atomic E-state index is -0.933. The van der Waals surface area contributed by atoms with Crippen LogP contribution in [-0.2, 0) is 71.9 Å². The number of unbranched alkanes of at least 4 members (excludes halogenated alkanes) is 8. The lowest BCUT2D eigenvalue weighted by Gasteiger charge is -2.03. The van der Waals surface area contributed by atoms with Gasteiger partial charge in [-0.05, 0) is 155 Å². The molecule has 0 radical (unpaired) electrons. The van der Waals surface area contributed by atoms with Crippen LogP contribution in [0.3, 0.4) is 0 Å². The highest BCUT2D eigenvalue weighted by atomic mass is 16.4. The molecule has 648 valence electrons. The fraction of sp³-hybridized carbons (Fsp3) is 0.758. The Labute approximate surface area is 631 Å². The van der Waals surface area contributed by atoms with Crippen molar-refractivity contribution in [2.24, 2.45) is 91.7 Å². The number of hydrogen-bond donors (Lipinski definition) is 31. The molecule has 0 aromatic carbocycles. The molecule has 0 saturated heterocycles. The quantitative estimate of drug-likeness (QED) is 0.0270. The van der Waals surface area contributed by atoms with Crippen molar-refractivity contribution in [1.82, 2.24) is 0 Å². The molecular weight excluding hydrogens is 1450 g/mol. The second-order valence-corrected chi connectivity index (χ2v) is 21.5. The van der Waals surface area contributed by atoms with Gasteiger partial charge in [-0.1, -0.05) is 51.4 Å². The maximum absolute atomic E-state index is 10.1.